The average molecular weight is 295 g/mol. The predicted octanol–water partition coefficient (Wildman–Crippen LogP) is 2.40. The van der Waals surface area contributed by atoms with E-state index in [1.165, 1.54) is 7.11 Å². The number of carbonyl (C=O) groups is 1. The quantitative estimate of drug-likeness (QED) is 0.840. The van der Waals surface area contributed by atoms with E-state index >= 15 is 0 Å². The van der Waals surface area contributed by atoms with Crippen LogP contribution < -0.4 is 5.32 Å². The van der Waals surface area contributed by atoms with Crippen LogP contribution in [0.3, 0.4) is 0 Å². The molecule has 1 unspecified atom stereocenters. The van der Waals surface area contributed by atoms with E-state index in [1.807, 2.05) is 6.92 Å². The summed E-state index contributed by atoms with van der Waals surface area (Å²) >= 11 is 0. The third-order valence-electron chi connectivity index (χ3n) is 4.15. The number of nitrogens with zero attached hydrogens (tertiary/aromatic N) is 2. The van der Waals surface area contributed by atoms with Crippen LogP contribution in [-0.2, 0) is 9.53 Å². The number of aryl methyl sites for hydroxylation is 1. The molecule has 1 heterocycles. The largest absolute Gasteiger partial charge is 0.469 e. The minimum absolute atomic E-state index is 0.0520. The second kappa shape index (κ2) is 7.02. The van der Waals surface area contributed by atoms with Gasteiger partial charge in [-0.3, -0.25) is 4.79 Å². The molecule has 1 aliphatic rings. The molecule has 6 heteroatoms. The highest BCUT2D eigenvalue weighted by Crippen LogP contribution is 2.28. The fourth-order valence-electron chi connectivity index (χ4n) is 2.90. The van der Waals surface area contributed by atoms with Crippen molar-refractivity contribution >= 4 is 5.97 Å². The Balaban J connectivity index is 1.92. The molecule has 1 aromatic rings. The zero-order valence-electron chi connectivity index (χ0n) is 13.3. The summed E-state index contributed by atoms with van der Waals surface area (Å²) in [4.78, 5) is 15.9. The van der Waals surface area contributed by atoms with Crippen LogP contribution in [0.15, 0.2) is 4.52 Å². The lowest BCUT2D eigenvalue weighted by atomic mass is 9.85. The predicted molar refractivity (Wildman–Crippen MR) is 77.5 cm³/mol. The van der Waals surface area contributed by atoms with Gasteiger partial charge in [-0.25, -0.2) is 0 Å². The highest BCUT2D eigenvalue weighted by molar-refractivity contribution is 5.72. The minimum atomic E-state index is -0.0821. The summed E-state index contributed by atoms with van der Waals surface area (Å²) in [6.07, 6.45) is 3.68. The van der Waals surface area contributed by atoms with Gasteiger partial charge in [0.2, 0.25) is 5.89 Å². The van der Waals surface area contributed by atoms with Gasteiger partial charge in [0.15, 0.2) is 5.82 Å². The Kier molecular flexibility index (Phi) is 5.33. The molecular weight excluding hydrogens is 270 g/mol. The molecule has 118 valence electrons. The number of rotatable bonds is 5. The van der Waals surface area contributed by atoms with Crippen LogP contribution in [0.2, 0.25) is 0 Å². The summed E-state index contributed by atoms with van der Waals surface area (Å²) in [5.74, 6) is 1.64. The molecule has 1 atom stereocenters. The van der Waals surface area contributed by atoms with Crippen molar-refractivity contribution in [2.24, 2.45) is 11.8 Å². The molecule has 1 aliphatic carbocycles. The molecule has 0 saturated heterocycles. The third kappa shape index (κ3) is 4.03. The standard InChI is InChI=1S/C15H25N3O3/c1-9(2)13(14-16-10(3)18-21-14)17-12-7-5-11(6-8-12)15(19)20-4/h9,11-13,17H,5-8H2,1-4H3. The topological polar surface area (TPSA) is 77.2 Å². The van der Waals surface area contributed by atoms with Crippen LogP contribution in [0, 0.1) is 18.8 Å². The van der Waals surface area contributed by atoms with Crippen LogP contribution in [0.1, 0.15) is 57.3 Å². The fraction of sp³-hybridized carbons (Fsp3) is 0.800. The maximum absolute atomic E-state index is 11.6. The Morgan fingerprint density at radius 3 is 2.48 bits per heavy atom. The van der Waals surface area contributed by atoms with Crippen molar-refractivity contribution in [3.8, 4) is 0 Å². The molecule has 0 spiro atoms. The molecule has 6 nitrogen and oxygen atoms in total. The molecular formula is C15H25N3O3. The van der Waals surface area contributed by atoms with Crippen molar-refractivity contribution in [3.63, 3.8) is 0 Å². The molecule has 0 bridgehead atoms. The number of hydrogen-bond acceptors (Lipinski definition) is 6. The van der Waals surface area contributed by atoms with Crippen LogP contribution >= 0.6 is 0 Å². The Bertz CT molecular complexity index is 464. The zero-order chi connectivity index (χ0) is 15.4. The summed E-state index contributed by atoms with van der Waals surface area (Å²) in [6, 6.07) is 0.441. The summed E-state index contributed by atoms with van der Waals surface area (Å²) in [5.41, 5.74) is 0. The van der Waals surface area contributed by atoms with E-state index in [1.54, 1.807) is 0 Å². The van der Waals surface area contributed by atoms with Gasteiger partial charge in [-0.05, 0) is 38.5 Å². The van der Waals surface area contributed by atoms with E-state index in [-0.39, 0.29) is 17.9 Å². The Morgan fingerprint density at radius 1 is 1.33 bits per heavy atom. The smallest absolute Gasteiger partial charge is 0.308 e. The maximum atomic E-state index is 11.6. The number of hydrogen-bond donors (Lipinski definition) is 1. The molecule has 0 radical (unpaired) electrons. The first-order valence-electron chi connectivity index (χ1n) is 7.65. The van der Waals surface area contributed by atoms with Gasteiger partial charge in [0.1, 0.15) is 0 Å². The number of carbonyl (C=O) groups excluding carboxylic acids is 1. The molecule has 0 aliphatic heterocycles. The van der Waals surface area contributed by atoms with Crippen LogP contribution in [-0.4, -0.2) is 29.3 Å². The number of methoxy groups -OCH3 is 1. The summed E-state index contributed by atoms with van der Waals surface area (Å²) < 4.78 is 10.1. The number of esters is 1. The highest BCUT2D eigenvalue weighted by Gasteiger charge is 2.30. The lowest BCUT2D eigenvalue weighted by Crippen LogP contribution is -2.39. The van der Waals surface area contributed by atoms with Gasteiger partial charge >= 0.3 is 5.97 Å². The van der Waals surface area contributed by atoms with Crippen molar-refractivity contribution < 1.29 is 14.1 Å². The molecule has 21 heavy (non-hydrogen) atoms. The zero-order valence-corrected chi connectivity index (χ0v) is 13.3. The minimum Gasteiger partial charge on any atom is -0.469 e. The SMILES string of the molecule is COC(=O)C1CCC(NC(c2nc(C)no2)C(C)C)CC1. The van der Waals surface area contributed by atoms with Crippen molar-refractivity contribution in [1.29, 1.82) is 0 Å². The monoisotopic (exact) mass is 295 g/mol. The number of nitrogens with one attached hydrogen (secondary N) is 1. The molecule has 1 saturated carbocycles. The first kappa shape index (κ1) is 15.9. The van der Waals surface area contributed by atoms with Gasteiger partial charge in [0.25, 0.3) is 0 Å². The van der Waals surface area contributed by atoms with Crippen molar-refractivity contribution in [2.75, 3.05) is 7.11 Å². The lowest BCUT2D eigenvalue weighted by Gasteiger charge is -2.31. The van der Waals surface area contributed by atoms with Crippen molar-refractivity contribution in [1.82, 2.24) is 15.5 Å². The van der Waals surface area contributed by atoms with Gasteiger partial charge in [0, 0.05) is 6.04 Å². The van der Waals surface area contributed by atoms with E-state index in [9.17, 15) is 4.79 Å². The first-order chi connectivity index (χ1) is 10.0. The van der Waals surface area contributed by atoms with E-state index in [2.05, 4.69) is 29.3 Å². The fourth-order valence-corrected chi connectivity index (χ4v) is 2.90. The molecule has 0 aromatic carbocycles. The maximum Gasteiger partial charge on any atom is 0.308 e. The highest BCUT2D eigenvalue weighted by atomic mass is 16.5. The summed E-state index contributed by atoms with van der Waals surface area (Å²) in [7, 11) is 1.46. The average Bonchev–Trinajstić information content (AvgIpc) is 2.90. The third-order valence-corrected chi connectivity index (χ3v) is 4.15. The first-order valence-corrected chi connectivity index (χ1v) is 7.65. The van der Waals surface area contributed by atoms with Crippen molar-refractivity contribution in [3.05, 3.63) is 11.7 Å². The number of ether oxygens (including phenoxy) is 1. The van der Waals surface area contributed by atoms with Gasteiger partial charge < -0.3 is 14.6 Å². The second-order valence-corrected chi connectivity index (χ2v) is 6.14. The Labute approximate surface area is 125 Å². The Hall–Kier alpha value is -1.43. The van der Waals surface area contributed by atoms with Crippen LogP contribution in [0.5, 0.6) is 0 Å². The normalized spacial score (nSPS) is 24.0. The molecule has 0 amide bonds. The molecule has 2 rings (SSSR count). The summed E-state index contributed by atoms with van der Waals surface area (Å²) in [6.45, 7) is 6.10. The van der Waals surface area contributed by atoms with E-state index in [4.69, 9.17) is 9.26 Å². The lowest BCUT2D eigenvalue weighted by molar-refractivity contribution is -0.146. The van der Waals surface area contributed by atoms with Crippen LogP contribution in [0.25, 0.3) is 0 Å². The van der Waals surface area contributed by atoms with Gasteiger partial charge in [-0.2, -0.15) is 4.98 Å². The van der Waals surface area contributed by atoms with E-state index < -0.39 is 0 Å². The molecule has 1 fully saturated rings. The van der Waals surface area contributed by atoms with Gasteiger partial charge in [-0.15, -0.1) is 0 Å². The molecule has 1 aromatic heterocycles. The van der Waals surface area contributed by atoms with E-state index in [0.717, 1.165) is 25.7 Å². The van der Waals surface area contributed by atoms with Crippen LogP contribution in [0.4, 0.5) is 0 Å². The Morgan fingerprint density at radius 2 is 2.00 bits per heavy atom. The number of aromatic nitrogens is 2. The second-order valence-electron chi connectivity index (χ2n) is 6.14. The van der Waals surface area contributed by atoms with Crippen molar-refractivity contribution in [2.45, 2.75) is 58.5 Å². The van der Waals surface area contributed by atoms with Gasteiger partial charge in [0.05, 0.1) is 19.1 Å². The van der Waals surface area contributed by atoms with Gasteiger partial charge in [-0.1, -0.05) is 19.0 Å². The summed E-state index contributed by atoms with van der Waals surface area (Å²) in [5, 5.41) is 7.49. The molecule has 1 N–H and O–H groups in total. The van der Waals surface area contributed by atoms with E-state index in [0.29, 0.717) is 23.7 Å².